The van der Waals surface area contributed by atoms with Crippen molar-refractivity contribution in [3.8, 4) is 0 Å². The van der Waals surface area contributed by atoms with Crippen molar-refractivity contribution >= 4 is 35.0 Å². The highest BCUT2D eigenvalue weighted by Gasteiger charge is 2.18. The molecule has 70 valence electrons. The van der Waals surface area contributed by atoms with Gasteiger partial charge in [0.25, 0.3) is 0 Å². The highest BCUT2D eigenvalue weighted by Crippen LogP contribution is 2.31. The van der Waals surface area contributed by atoms with Crippen molar-refractivity contribution in [2.45, 2.75) is 6.54 Å². The molecule has 0 atom stereocenters. The minimum absolute atomic E-state index is 0.126. The maximum absolute atomic E-state index is 12.3. The molecule has 0 bridgehead atoms. The van der Waals surface area contributed by atoms with Gasteiger partial charge in [0.15, 0.2) is 18.2 Å². The number of fused-ring (bicyclic) bond motifs is 1. The summed E-state index contributed by atoms with van der Waals surface area (Å²) in [6.45, 7) is 0.672. The van der Waals surface area contributed by atoms with E-state index in [1.807, 2.05) is 13.1 Å². The molecule has 0 aromatic carbocycles. The molecule has 1 aromatic rings. The first-order chi connectivity index (χ1) is 6.22. The maximum atomic E-state index is 12.3. The third-order valence-corrected chi connectivity index (χ3v) is 2.72. The Labute approximate surface area is 84.6 Å². The Hall–Kier alpha value is -0.680. The number of amidine groups is 1. The SMILES string of the molecule is CN1Cc2ccn(SF)c2N=C1Cl. The van der Waals surface area contributed by atoms with Crippen molar-refractivity contribution in [1.29, 1.82) is 0 Å². The summed E-state index contributed by atoms with van der Waals surface area (Å²) in [6, 6.07) is 1.84. The minimum Gasteiger partial charge on any atom is -0.345 e. The molecule has 1 aromatic heterocycles. The molecule has 0 saturated heterocycles. The topological polar surface area (TPSA) is 20.5 Å². The molecule has 0 radical (unpaired) electrons. The van der Waals surface area contributed by atoms with Crippen LogP contribution in [0.5, 0.6) is 0 Å². The van der Waals surface area contributed by atoms with E-state index in [9.17, 15) is 3.89 Å². The van der Waals surface area contributed by atoms with Crippen LogP contribution in [0.25, 0.3) is 0 Å². The molecule has 3 nitrogen and oxygen atoms in total. The van der Waals surface area contributed by atoms with Crippen LogP contribution in [-0.4, -0.2) is 21.2 Å². The van der Waals surface area contributed by atoms with Crippen LogP contribution in [0.3, 0.4) is 0 Å². The van der Waals surface area contributed by atoms with Gasteiger partial charge in [-0.15, -0.1) is 3.89 Å². The van der Waals surface area contributed by atoms with E-state index in [1.54, 1.807) is 11.1 Å². The molecule has 0 fully saturated rings. The predicted octanol–water partition coefficient (Wildman–Crippen LogP) is 2.54. The van der Waals surface area contributed by atoms with E-state index in [0.29, 0.717) is 17.7 Å². The van der Waals surface area contributed by atoms with Crippen LogP contribution in [0, 0.1) is 0 Å². The Morgan fingerprint density at radius 1 is 1.69 bits per heavy atom. The number of nitrogens with zero attached hydrogens (tertiary/aromatic N) is 3. The normalized spacial score (nSPS) is 15.6. The molecular weight excluding hydrogens is 213 g/mol. The lowest BCUT2D eigenvalue weighted by Crippen LogP contribution is -2.24. The minimum atomic E-state index is 0.126. The summed E-state index contributed by atoms with van der Waals surface area (Å²) in [5.74, 6) is 0.593. The summed E-state index contributed by atoms with van der Waals surface area (Å²) in [7, 11) is 1.84. The summed E-state index contributed by atoms with van der Waals surface area (Å²) >= 11 is 5.94. The maximum Gasteiger partial charge on any atom is 0.200 e. The highest BCUT2D eigenvalue weighted by atomic mass is 35.5. The molecule has 0 spiro atoms. The molecule has 1 aliphatic heterocycles. The Balaban J connectivity index is 2.47. The number of hydrogen-bond acceptors (Lipinski definition) is 3. The van der Waals surface area contributed by atoms with Gasteiger partial charge in [0.2, 0.25) is 5.29 Å². The number of hydrogen-bond donors (Lipinski definition) is 0. The van der Waals surface area contributed by atoms with Gasteiger partial charge in [-0.25, -0.2) is 8.96 Å². The molecule has 2 rings (SSSR count). The lowest BCUT2D eigenvalue weighted by Gasteiger charge is -2.20. The molecule has 6 heteroatoms. The first-order valence-electron chi connectivity index (χ1n) is 3.67. The van der Waals surface area contributed by atoms with E-state index in [4.69, 9.17) is 11.6 Å². The van der Waals surface area contributed by atoms with Crippen LogP contribution in [0.15, 0.2) is 17.3 Å². The predicted molar refractivity (Wildman–Crippen MR) is 52.9 cm³/mol. The fourth-order valence-electron chi connectivity index (χ4n) is 1.24. The van der Waals surface area contributed by atoms with E-state index < -0.39 is 0 Å². The molecule has 0 aliphatic carbocycles. The molecule has 2 heterocycles. The van der Waals surface area contributed by atoms with Crippen molar-refractivity contribution in [2.75, 3.05) is 7.05 Å². The second kappa shape index (κ2) is 3.23. The largest absolute Gasteiger partial charge is 0.345 e. The Morgan fingerprint density at radius 2 is 2.46 bits per heavy atom. The van der Waals surface area contributed by atoms with Crippen LogP contribution in [-0.2, 0) is 6.54 Å². The number of aromatic nitrogens is 1. The van der Waals surface area contributed by atoms with E-state index >= 15 is 0 Å². The van der Waals surface area contributed by atoms with Gasteiger partial charge in [0.05, 0.1) is 0 Å². The van der Waals surface area contributed by atoms with E-state index in [-0.39, 0.29) is 12.3 Å². The van der Waals surface area contributed by atoms with E-state index in [0.717, 1.165) is 5.56 Å². The van der Waals surface area contributed by atoms with Crippen molar-refractivity contribution in [1.82, 2.24) is 8.87 Å². The molecule has 0 amide bonds. The van der Waals surface area contributed by atoms with E-state index in [2.05, 4.69) is 4.99 Å². The Bertz CT molecular complexity index is 363. The van der Waals surface area contributed by atoms with Crippen molar-refractivity contribution in [3.63, 3.8) is 0 Å². The van der Waals surface area contributed by atoms with Gasteiger partial charge in [0, 0.05) is 25.4 Å². The summed E-state index contributed by atoms with van der Waals surface area (Å²) in [6.07, 6.45) is 1.64. The highest BCUT2D eigenvalue weighted by molar-refractivity contribution is 7.92. The Morgan fingerprint density at radius 3 is 3.15 bits per heavy atom. The third kappa shape index (κ3) is 1.42. The van der Waals surface area contributed by atoms with E-state index in [1.165, 1.54) is 3.97 Å². The van der Waals surface area contributed by atoms with Gasteiger partial charge in [-0.2, -0.15) is 0 Å². The van der Waals surface area contributed by atoms with Crippen molar-refractivity contribution in [2.24, 2.45) is 4.99 Å². The van der Waals surface area contributed by atoms with Crippen LogP contribution < -0.4 is 0 Å². The first kappa shape index (κ1) is 8.90. The zero-order valence-corrected chi connectivity index (χ0v) is 8.44. The number of rotatable bonds is 1. The molecular formula is C7H7ClFN3S. The van der Waals surface area contributed by atoms with Crippen LogP contribution in [0.2, 0.25) is 0 Å². The van der Waals surface area contributed by atoms with Gasteiger partial charge in [-0.05, 0) is 17.7 Å². The van der Waals surface area contributed by atoms with Crippen molar-refractivity contribution < 1.29 is 3.89 Å². The summed E-state index contributed by atoms with van der Waals surface area (Å²) < 4.78 is 13.7. The average Bonchev–Trinajstić information content (AvgIpc) is 2.48. The zero-order chi connectivity index (χ0) is 9.42. The molecule has 0 saturated carbocycles. The molecule has 13 heavy (non-hydrogen) atoms. The number of halogens is 2. The molecule has 1 aliphatic rings. The van der Waals surface area contributed by atoms with Crippen molar-refractivity contribution in [3.05, 3.63) is 17.8 Å². The summed E-state index contributed by atoms with van der Waals surface area (Å²) in [5.41, 5.74) is 0.983. The van der Waals surface area contributed by atoms with Gasteiger partial charge < -0.3 is 4.90 Å². The standard InChI is InChI=1S/C7H7ClFN3S/c1-11-4-5-2-3-12(13-9)6(5)10-7(11)8/h2-3H,4H2,1H3. The van der Waals surface area contributed by atoms with Crippen LogP contribution in [0.4, 0.5) is 9.70 Å². The lowest BCUT2D eigenvalue weighted by atomic mass is 10.3. The van der Waals surface area contributed by atoms with Gasteiger partial charge in [0.1, 0.15) is 0 Å². The fraction of sp³-hybridized carbons (Fsp3) is 0.286. The van der Waals surface area contributed by atoms with Crippen LogP contribution in [0.1, 0.15) is 5.56 Å². The monoisotopic (exact) mass is 219 g/mol. The first-order valence-corrected chi connectivity index (χ1v) is 4.72. The Kier molecular flexibility index (Phi) is 2.21. The summed E-state index contributed by atoms with van der Waals surface area (Å²) in [4.78, 5) is 5.87. The second-order valence-corrected chi connectivity index (χ2v) is 3.67. The molecule has 0 N–H and O–H groups in total. The average molecular weight is 220 g/mol. The second-order valence-electron chi connectivity index (χ2n) is 2.80. The van der Waals surface area contributed by atoms with Crippen LogP contribution >= 0.6 is 23.9 Å². The fourth-order valence-corrected chi connectivity index (χ4v) is 1.71. The van der Waals surface area contributed by atoms with Gasteiger partial charge in [-0.3, -0.25) is 0 Å². The van der Waals surface area contributed by atoms with Gasteiger partial charge >= 0.3 is 0 Å². The molecule has 0 unspecified atom stereocenters. The van der Waals surface area contributed by atoms with Gasteiger partial charge in [-0.1, -0.05) is 0 Å². The zero-order valence-electron chi connectivity index (χ0n) is 6.87. The third-order valence-electron chi connectivity index (χ3n) is 1.90. The smallest absolute Gasteiger partial charge is 0.200 e. The quantitative estimate of drug-likeness (QED) is 0.677. The summed E-state index contributed by atoms with van der Waals surface area (Å²) in [5, 5.41) is 0.390. The lowest BCUT2D eigenvalue weighted by molar-refractivity contribution is 0.502. The number of aliphatic imine (C=N–C) groups is 1.